The first-order valence-corrected chi connectivity index (χ1v) is 8.86. The van der Waals surface area contributed by atoms with E-state index < -0.39 is 6.04 Å². The van der Waals surface area contributed by atoms with Crippen LogP contribution in [-0.2, 0) is 22.6 Å². The third kappa shape index (κ3) is 5.69. The highest BCUT2D eigenvalue weighted by molar-refractivity contribution is 5.87. The molecule has 0 aromatic heterocycles. The predicted octanol–water partition coefficient (Wildman–Crippen LogP) is 3.31. The molecule has 0 saturated carbocycles. The van der Waals surface area contributed by atoms with Crippen molar-refractivity contribution in [3.8, 4) is 0 Å². The first-order valence-electron chi connectivity index (χ1n) is 8.86. The maximum atomic E-state index is 13.1. The van der Waals surface area contributed by atoms with Gasteiger partial charge in [-0.05, 0) is 43.5 Å². The van der Waals surface area contributed by atoms with Crippen molar-refractivity contribution >= 4 is 11.8 Å². The Hall–Kier alpha value is -2.69. The van der Waals surface area contributed by atoms with Gasteiger partial charge in [0.05, 0.1) is 0 Å². The summed E-state index contributed by atoms with van der Waals surface area (Å²) in [4.78, 5) is 26.6. The van der Waals surface area contributed by atoms with Gasteiger partial charge in [0.15, 0.2) is 0 Å². The molecule has 2 aromatic carbocycles. The van der Waals surface area contributed by atoms with E-state index in [1.807, 2.05) is 37.3 Å². The van der Waals surface area contributed by atoms with E-state index in [-0.39, 0.29) is 24.2 Å². The third-order valence-electron chi connectivity index (χ3n) is 4.25. The molecule has 1 atom stereocenters. The number of amides is 2. The van der Waals surface area contributed by atoms with Crippen LogP contribution in [0, 0.1) is 5.82 Å². The van der Waals surface area contributed by atoms with Gasteiger partial charge in [-0.2, -0.15) is 0 Å². The summed E-state index contributed by atoms with van der Waals surface area (Å²) in [6.45, 7) is 4.33. The smallest absolute Gasteiger partial charge is 0.242 e. The van der Waals surface area contributed by atoms with E-state index in [4.69, 9.17) is 0 Å². The molecule has 0 unspecified atom stereocenters. The molecule has 2 rings (SSSR count). The second-order valence-corrected chi connectivity index (χ2v) is 6.20. The van der Waals surface area contributed by atoms with Crippen molar-refractivity contribution < 1.29 is 14.0 Å². The Labute approximate surface area is 154 Å². The van der Waals surface area contributed by atoms with E-state index in [2.05, 4.69) is 5.32 Å². The average Bonchev–Trinajstić information content (AvgIpc) is 2.66. The van der Waals surface area contributed by atoms with E-state index >= 15 is 0 Å². The number of carbonyl (C=O) groups excluding carboxylic acids is 2. The van der Waals surface area contributed by atoms with Crippen molar-refractivity contribution in [2.75, 3.05) is 6.54 Å². The van der Waals surface area contributed by atoms with Crippen molar-refractivity contribution in [2.24, 2.45) is 0 Å². The highest BCUT2D eigenvalue weighted by Crippen LogP contribution is 2.13. The van der Waals surface area contributed by atoms with E-state index in [1.54, 1.807) is 24.0 Å². The summed E-state index contributed by atoms with van der Waals surface area (Å²) in [5, 5.41) is 2.76. The summed E-state index contributed by atoms with van der Waals surface area (Å²) in [6.07, 6.45) is 0.927. The minimum absolute atomic E-state index is 0.100. The Morgan fingerprint density at radius 2 is 1.69 bits per heavy atom. The Balaban J connectivity index is 2.11. The van der Waals surface area contributed by atoms with Crippen LogP contribution >= 0.6 is 0 Å². The van der Waals surface area contributed by atoms with Gasteiger partial charge in [-0.1, -0.05) is 42.5 Å². The monoisotopic (exact) mass is 356 g/mol. The number of rotatable bonds is 8. The zero-order chi connectivity index (χ0) is 18.9. The van der Waals surface area contributed by atoms with Gasteiger partial charge in [0.1, 0.15) is 11.9 Å². The molecular formula is C21H25FN2O2. The van der Waals surface area contributed by atoms with Crippen molar-refractivity contribution in [1.82, 2.24) is 10.2 Å². The molecule has 2 amide bonds. The maximum Gasteiger partial charge on any atom is 0.242 e. The fourth-order valence-electron chi connectivity index (χ4n) is 2.73. The summed E-state index contributed by atoms with van der Waals surface area (Å²) in [6, 6.07) is 15.2. The average molecular weight is 356 g/mol. The third-order valence-corrected chi connectivity index (χ3v) is 4.25. The van der Waals surface area contributed by atoms with Gasteiger partial charge in [-0.15, -0.1) is 0 Å². The molecule has 4 nitrogen and oxygen atoms in total. The second-order valence-electron chi connectivity index (χ2n) is 6.20. The Morgan fingerprint density at radius 1 is 1.04 bits per heavy atom. The molecule has 0 radical (unpaired) electrons. The number of aryl methyl sites for hydroxylation is 1. The zero-order valence-corrected chi connectivity index (χ0v) is 15.2. The number of carbonyl (C=O) groups is 2. The normalized spacial score (nSPS) is 11.7. The topological polar surface area (TPSA) is 49.4 Å². The molecule has 0 heterocycles. The minimum Gasteiger partial charge on any atom is -0.355 e. The number of hydrogen-bond donors (Lipinski definition) is 1. The van der Waals surface area contributed by atoms with Gasteiger partial charge in [0, 0.05) is 19.5 Å². The van der Waals surface area contributed by atoms with Crippen LogP contribution in [0.1, 0.15) is 31.4 Å². The van der Waals surface area contributed by atoms with Crippen LogP contribution in [-0.4, -0.2) is 29.3 Å². The molecule has 0 aliphatic heterocycles. The number of nitrogens with one attached hydrogen (secondary N) is 1. The Bertz CT molecular complexity index is 717. The van der Waals surface area contributed by atoms with Gasteiger partial charge < -0.3 is 10.2 Å². The van der Waals surface area contributed by atoms with Crippen molar-refractivity contribution in [1.29, 1.82) is 0 Å². The second kappa shape index (κ2) is 9.70. The number of hydrogen-bond acceptors (Lipinski definition) is 2. The lowest BCUT2D eigenvalue weighted by molar-refractivity contribution is -0.140. The van der Waals surface area contributed by atoms with Crippen LogP contribution < -0.4 is 5.32 Å². The first-order chi connectivity index (χ1) is 12.5. The van der Waals surface area contributed by atoms with Gasteiger partial charge >= 0.3 is 0 Å². The molecule has 138 valence electrons. The molecule has 1 N–H and O–H groups in total. The van der Waals surface area contributed by atoms with Crippen molar-refractivity contribution in [2.45, 2.75) is 39.3 Å². The van der Waals surface area contributed by atoms with Crippen LogP contribution in [0.15, 0.2) is 54.6 Å². The lowest BCUT2D eigenvalue weighted by atomic mass is 10.1. The van der Waals surface area contributed by atoms with Crippen LogP contribution in [0.4, 0.5) is 4.39 Å². The van der Waals surface area contributed by atoms with E-state index in [0.29, 0.717) is 19.4 Å². The van der Waals surface area contributed by atoms with Crippen LogP contribution in [0.5, 0.6) is 0 Å². The highest BCUT2D eigenvalue weighted by Gasteiger charge is 2.25. The molecule has 2 aromatic rings. The summed E-state index contributed by atoms with van der Waals surface area (Å²) in [5.74, 6) is -0.618. The molecule has 0 aliphatic carbocycles. The van der Waals surface area contributed by atoms with Gasteiger partial charge in [-0.3, -0.25) is 9.59 Å². The van der Waals surface area contributed by atoms with E-state index in [9.17, 15) is 14.0 Å². The molecule has 0 aliphatic rings. The highest BCUT2D eigenvalue weighted by atomic mass is 19.1. The van der Waals surface area contributed by atoms with Crippen molar-refractivity contribution in [3.63, 3.8) is 0 Å². The maximum absolute atomic E-state index is 13.1. The number of nitrogens with zero attached hydrogens (tertiary/aromatic N) is 1. The lowest BCUT2D eigenvalue weighted by Gasteiger charge is -2.28. The van der Waals surface area contributed by atoms with Crippen LogP contribution in [0.2, 0.25) is 0 Å². The largest absolute Gasteiger partial charge is 0.355 e. The molecule has 26 heavy (non-hydrogen) atoms. The Kier molecular flexibility index (Phi) is 7.33. The SMILES string of the molecule is CCNC(=O)[C@H](C)N(Cc1ccc(F)cc1)C(=O)CCc1ccccc1. The molecule has 5 heteroatoms. The predicted molar refractivity (Wildman–Crippen MR) is 99.9 cm³/mol. The number of benzene rings is 2. The standard InChI is InChI=1S/C21H25FN2O2/c1-3-23-21(26)16(2)24(15-18-9-12-19(22)13-10-18)20(25)14-11-17-7-5-4-6-8-17/h4-10,12-13,16H,3,11,14-15H2,1-2H3,(H,23,26)/t16-/m0/s1. The van der Waals surface area contributed by atoms with E-state index in [1.165, 1.54) is 12.1 Å². The van der Waals surface area contributed by atoms with Gasteiger partial charge in [-0.25, -0.2) is 4.39 Å². The van der Waals surface area contributed by atoms with Crippen molar-refractivity contribution in [3.05, 3.63) is 71.5 Å². The lowest BCUT2D eigenvalue weighted by Crippen LogP contribution is -2.47. The summed E-state index contributed by atoms with van der Waals surface area (Å²) < 4.78 is 13.1. The first kappa shape index (κ1) is 19.6. The fourth-order valence-corrected chi connectivity index (χ4v) is 2.73. The van der Waals surface area contributed by atoms with E-state index in [0.717, 1.165) is 11.1 Å². The Morgan fingerprint density at radius 3 is 2.31 bits per heavy atom. The fraction of sp³-hybridized carbons (Fsp3) is 0.333. The number of halogens is 1. The molecule has 0 fully saturated rings. The molecule has 0 bridgehead atoms. The quantitative estimate of drug-likeness (QED) is 0.789. The minimum atomic E-state index is -0.594. The zero-order valence-electron chi connectivity index (χ0n) is 15.2. The van der Waals surface area contributed by atoms with Crippen LogP contribution in [0.25, 0.3) is 0 Å². The summed E-state index contributed by atoms with van der Waals surface area (Å²) in [7, 11) is 0. The van der Waals surface area contributed by atoms with Gasteiger partial charge in [0.25, 0.3) is 0 Å². The molecule has 0 spiro atoms. The van der Waals surface area contributed by atoms with Crippen LogP contribution in [0.3, 0.4) is 0 Å². The summed E-state index contributed by atoms with van der Waals surface area (Å²) in [5.41, 5.74) is 1.86. The number of likely N-dealkylation sites (N-methyl/N-ethyl adjacent to an activating group) is 1. The molecular weight excluding hydrogens is 331 g/mol. The molecule has 0 saturated heterocycles. The summed E-state index contributed by atoms with van der Waals surface area (Å²) >= 11 is 0. The van der Waals surface area contributed by atoms with Gasteiger partial charge in [0.2, 0.25) is 11.8 Å².